The van der Waals surface area contributed by atoms with Crippen LogP contribution in [0.2, 0.25) is 10.0 Å². The van der Waals surface area contributed by atoms with Gasteiger partial charge >= 0.3 is 5.97 Å². The zero-order valence-corrected chi connectivity index (χ0v) is 28.3. The molecule has 0 saturated heterocycles. The Bertz CT molecular complexity index is 2000. The third-order valence-corrected chi connectivity index (χ3v) is 9.75. The van der Waals surface area contributed by atoms with Gasteiger partial charge in [-0.1, -0.05) is 29.3 Å². The van der Waals surface area contributed by atoms with Gasteiger partial charge in [0.25, 0.3) is 5.91 Å². The minimum Gasteiger partial charge on any atom is -0.494 e. The van der Waals surface area contributed by atoms with Crippen molar-refractivity contribution in [3.8, 4) is 16.9 Å². The molecule has 246 valence electrons. The summed E-state index contributed by atoms with van der Waals surface area (Å²) in [6.07, 6.45) is 3.13. The third kappa shape index (κ3) is 5.67. The molecule has 13 heteroatoms. The van der Waals surface area contributed by atoms with Crippen LogP contribution in [0.25, 0.3) is 22.0 Å². The summed E-state index contributed by atoms with van der Waals surface area (Å²) in [5.41, 5.74) is 7.25. The lowest BCUT2D eigenvalue weighted by molar-refractivity contribution is -0.133. The monoisotopic (exact) mass is 678 g/mol. The van der Waals surface area contributed by atoms with Gasteiger partial charge in [-0.2, -0.15) is 5.10 Å². The number of ether oxygens (including phenoxy) is 1. The van der Waals surface area contributed by atoms with E-state index in [1.807, 2.05) is 63.7 Å². The van der Waals surface area contributed by atoms with Gasteiger partial charge in [0.15, 0.2) is 5.70 Å². The molecule has 0 atom stereocenters. The molecular weight excluding hydrogens is 643 g/mol. The zero-order chi connectivity index (χ0) is 33.7. The summed E-state index contributed by atoms with van der Waals surface area (Å²) in [5.74, 6) is -1.20. The predicted molar refractivity (Wildman–Crippen MR) is 181 cm³/mol. The van der Waals surface area contributed by atoms with Crippen molar-refractivity contribution < 1.29 is 24.5 Å². The minimum absolute atomic E-state index is 0.246. The maximum atomic E-state index is 14.6. The topological polar surface area (TPSA) is 134 Å². The van der Waals surface area contributed by atoms with E-state index >= 15 is 0 Å². The van der Waals surface area contributed by atoms with E-state index < -0.39 is 17.5 Å². The molecule has 2 aliphatic heterocycles. The first-order chi connectivity index (χ1) is 22.4. The Labute approximate surface area is 282 Å². The van der Waals surface area contributed by atoms with Gasteiger partial charge in [-0.3, -0.25) is 14.4 Å². The number of carboxylic acids is 1. The van der Waals surface area contributed by atoms with E-state index in [0.717, 1.165) is 60.9 Å². The van der Waals surface area contributed by atoms with Crippen LogP contribution in [0.4, 0.5) is 0 Å². The number of aliphatic hydroxyl groups is 1. The number of carbonyl (C=O) groups is 2. The quantitative estimate of drug-likeness (QED) is 0.161. The maximum absolute atomic E-state index is 14.6. The SMILES string of the molecule is Cc1cc(OCCCc2c3n(c4c(-c5c(C)nn(C)c5C)c(Cl)ccc24)CCCN(C2=CNC(C(=O)O)=C(O)N2)C3=O)cc(C)c1Cl. The first-order valence-electron chi connectivity index (χ1n) is 15.3. The Kier molecular flexibility index (Phi) is 8.62. The molecule has 6 rings (SSSR count). The summed E-state index contributed by atoms with van der Waals surface area (Å²) in [7, 11) is 1.90. The standard InChI is InChI=1S/C34H36Cl2N6O5/c1-17-14-21(15-18(2)28(17)36)47-13-6-8-22-23-9-10-24(35)27(26-19(3)39-40(5)20(26)4)30(23)42-12-7-11-41(33(44)31(22)42)25-16-37-29(34(45)46)32(43)38-25/h9-10,14-16,37-38,43H,6-8,11-13H2,1-5H3,(H,45,46). The lowest BCUT2D eigenvalue weighted by atomic mass is 9.98. The maximum Gasteiger partial charge on any atom is 0.357 e. The summed E-state index contributed by atoms with van der Waals surface area (Å²) >= 11 is 13.3. The van der Waals surface area contributed by atoms with Gasteiger partial charge in [-0.25, -0.2) is 4.79 Å². The van der Waals surface area contributed by atoms with Gasteiger partial charge in [0.05, 0.1) is 22.8 Å². The van der Waals surface area contributed by atoms with Crippen molar-refractivity contribution in [3.63, 3.8) is 0 Å². The number of hydrogen-bond acceptors (Lipinski definition) is 7. The zero-order valence-electron chi connectivity index (χ0n) is 26.8. The van der Waals surface area contributed by atoms with Crippen molar-refractivity contribution in [2.45, 2.75) is 53.5 Å². The molecule has 0 spiro atoms. The minimum atomic E-state index is -1.33. The molecular formula is C34H36Cl2N6O5. The number of halogens is 2. The predicted octanol–water partition coefficient (Wildman–Crippen LogP) is 6.24. The molecule has 2 aliphatic rings. The number of aromatic nitrogens is 3. The number of amides is 1. The molecule has 47 heavy (non-hydrogen) atoms. The van der Waals surface area contributed by atoms with E-state index in [4.69, 9.17) is 27.9 Å². The van der Waals surface area contributed by atoms with E-state index in [-0.39, 0.29) is 11.7 Å². The lowest BCUT2D eigenvalue weighted by Crippen LogP contribution is -2.41. The lowest BCUT2D eigenvalue weighted by Gasteiger charge is -2.27. The van der Waals surface area contributed by atoms with E-state index in [1.165, 1.54) is 11.1 Å². The molecule has 0 unspecified atom stereocenters. The van der Waals surface area contributed by atoms with Gasteiger partial charge < -0.3 is 30.2 Å². The average Bonchev–Trinajstić information content (AvgIpc) is 3.39. The summed E-state index contributed by atoms with van der Waals surface area (Å²) in [5, 5.41) is 31.9. The van der Waals surface area contributed by atoms with Crippen molar-refractivity contribution in [2.75, 3.05) is 13.2 Å². The number of rotatable bonds is 8. The number of nitrogens with one attached hydrogen (secondary N) is 2. The van der Waals surface area contributed by atoms with Crippen LogP contribution in [0.3, 0.4) is 0 Å². The van der Waals surface area contributed by atoms with E-state index in [1.54, 1.807) is 0 Å². The highest BCUT2D eigenvalue weighted by Gasteiger charge is 2.34. The fraction of sp³-hybridized carbons (Fsp3) is 0.324. The summed E-state index contributed by atoms with van der Waals surface area (Å²) < 4.78 is 10.0. The van der Waals surface area contributed by atoms with Crippen LogP contribution in [0.5, 0.6) is 5.75 Å². The Morgan fingerprint density at radius 3 is 2.45 bits per heavy atom. The summed E-state index contributed by atoms with van der Waals surface area (Å²) in [6, 6.07) is 7.68. The van der Waals surface area contributed by atoms with E-state index in [9.17, 15) is 19.8 Å². The van der Waals surface area contributed by atoms with Crippen LogP contribution in [-0.4, -0.2) is 54.5 Å². The average molecular weight is 680 g/mol. The van der Waals surface area contributed by atoms with Crippen LogP contribution in [0.1, 0.15) is 51.4 Å². The largest absolute Gasteiger partial charge is 0.494 e. The normalized spacial score (nSPS) is 14.9. The smallest absolute Gasteiger partial charge is 0.357 e. The molecule has 2 aromatic carbocycles. The molecule has 0 radical (unpaired) electrons. The van der Waals surface area contributed by atoms with Crippen LogP contribution in [-0.2, 0) is 24.8 Å². The van der Waals surface area contributed by atoms with Crippen molar-refractivity contribution >= 4 is 46.0 Å². The van der Waals surface area contributed by atoms with Gasteiger partial charge in [-0.05, 0) is 81.8 Å². The van der Waals surface area contributed by atoms with Gasteiger partial charge in [0.1, 0.15) is 17.3 Å². The first-order valence-corrected chi connectivity index (χ1v) is 16.1. The van der Waals surface area contributed by atoms with Crippen LogP contribution < -0.4 is 15.4 Å². The second kappa shape index (κ2) is 12.5. The second-order valence-electron chi connectivity index (χ2n) is 11.9. The number of fused-ring (bicyclic) bond motifs is 3. The molecule has 4 N–H and O–H groups in total. The van der Waals surface area contributed by atoms with Gasteiger partial charge in [0, 0.05) is 53.6 Å². The Balaban J connectivity index is 1.44. The fourth-order valence-corrected chi connectivity index (χ4v) is 6.96. The molecule has 0 fully saturated rings. The third-order valence-electron chi connectivity index (χ3n) is 8.84. The summed E-state index contributed by atoms with van der Waals surface area (Å²) in [4.78, 5) is 27.6. The molecule has 0 aliphatic carbocycles. The number of hydrogen-bond donors (Lipinski definition) is 4. The second-order valence-corrected chi connectivity index (χ2v) is 12.7. The van der Waals surface area contributed by atoms with Gasteiger partial charge in [-0.15, -0.1) is 0 Å². The highest BCUT2D eigenvalue weighted by molar-refractivity contribution is 6.35. The van der Waals surface area contributed by atoms with Crippen molar-refractivity contribution in [2.24, 2.45) is 7.05 Å². The van der Waals surface area contributed by atoms with Crippen LogP contribution in [0.15, 0.2) is 47.9 Å². The Hall–Kier alpha value is -4.61. The first kappa shape index (κ1) is 32.3. The summed E-state index contributed by atoms with van der Waals surface area (Å²) in [6.45, 7) is 9.12. The number of carboxylic acid groups (broad SMARTS) is 1. The molecule has 4 heterocycles. The van der Waals surface area contributed by atoms with Crippen LogP contribution >= 0.6 is 23.2 Å². The van der Waals surface area contributed by atoms with Crippen molar-refractivity contribution in [1.29, 1.82) is 0 Å². The Morgan fingerprint density at radius 1 is 1.09 bits per heavy atom. The Morgan fingerprint density at radius 2 is 1.81 bits per heavy atom. The van der Waals surface area contributed by atoms with E-state index in [2.05, 4.69) is 20.3 Å². The highest BCUT2D eigenvalue weighted by Crippen LogP contribution is 2.43. The molecule has 4 aromatic rings. The fourth-order valence-electron chi connectivity index (χ4n) is 6.60. The molecule has 0 bridgehead atoms. The molecule has 11 nitrogen and oxygen atoms in total. The molecule has 2 aromatic heterocycles. The highest BCUT2D eigenvalue weighted by atomic mass is 35.5. The number of aryl methyl sites for hydroxylation is 6. The number of nitrogens with zero attached hydrogens (tertiary/aromatic N) is 4. The van der Waals surface area contributed by atoms with Crippen molar-refractivity contribution in [1.82, 2.24) is 29.9 Å². The molecule has 0 saturated carbocycles. The van der Waals surface area contributed by atoms with E-state index in [0.29, 0.717) is 49.7 Å². The number of aliphatic carboxylic acids is 1. The molecule has 1 amide bonds. The van der Waals surface area contributed by atoms with Crippen LogP contribution in [0, 0.1) is 27.7 Å². The number of benzene rings is 2. The number of carbonyl (C=O) groups excluding carboxylic acids is 1. The number of aliphatic hydroxyl groups excluding tert-OH is 1. The van der Waals surface area contributed by atoms with Crippen molar-refractivity contribution in [3.05, 3.63) is 91.7 Å². The van der Waals surface area contributed by atoms with Gasteiger partial charge in [0.2, 0.25) is 5.88 Å².